The Kier molecular flexibility index (Phi) is 4.41. The molecule has 0 radical (unpaired) electrons. The van der Waals surface area contributed by atoms with Gasteiger partial charge >= 0.3 is 0 Å². The number of nitrogens with two attached hydrogens (primary N) is 1. The van der Waals surface area contributed by atoms with Crippen LogP contribution >= 0.6 is 0 Å². The Balaban J connectivity index is 1.99. The molecule has 0 aliphatic carbocycles. The van der Waals surface area contributed by atoms with Crippen molar-refractivity contribution in [3.8, 4) is 0 Å². The van der Waals surface area contributed by atoms with Gasteiger partial charge < -0.3 is 5.73 Å². The quantitative estimate of drug-likeness (QED) is 0.888. The molecule has 0 bridgehead atoms. The van der Waals surface area contributed by atoms with Gasteiger partial charge in [-0.2, -0.15) is 0 Å². The topological polar surface area (TPSA) is 29.3 Å². The van der Waals surface area contributed by atoms with Crippen molar-refractivity contribution in [2.45, 2.75) is 45.2 Å². The van der Waals surface area contributed by atoms with Crippen molar-refractivity contribution in [2.75, 3.05) is 13.1 Å². The van der Waals surface area contributed by atoms with Gasteiger partial charge in [0.05, 0.1) is 0 Å². The van der Waals surface area contributed by atoms with Crippen molar-refractivity contribution in [1.82, 2.24) is 4.90 Å². The summed E-state index contributed by atoms with van der Waals surface area (Å²) in [5, 5.41) is 0. The molecule has 2 nitrogen and oxygen atoms in total. The molecule has 18 heavy (non-hydrogen) atoms. The third-order valence-corrected chi connectivity index (χ3v) is 4.06. The second-order valence-corrected chi connectivity index (χ2v) is 6.23. The number of benzene rings is 1. The average molecular weight is 246 g/mol. The summed E-state index contributed by atoms with van der Waals surface area (Å²) < 4.78 is 0. The zero-order valence-electron chi connectivity index (χ0n) is 11.7. The maximum absolute atomic E-state index is 6.31. The fourth-order valence-electron chi connectivity index (χ4n) is 2.81. The van der Waals surface area contributed by atoms with Crippen LogP contribution in [0.25, 0.3) is 0 Å². The molecule has 1 atom stereocenters. The monoisotopic (exact) mass is 246 g/mol. The van der Waals surface area contributed by atoms with Crippen LogP contribution in [-0.4, -0.2) is 23.5 Å². The first-order chi connectivity index (χ1) is 8.55. The summed E-state index contributed by atoms with van der Waals surface area (Å²) in [5.41, 5.74) is 7.66. The summed E-state index contributed by atoms with van der Waals surface area (Å²) in [6.45, 7) is 7.75. The van der Waals surface area contributed by atoms with E-state index in [1.54, 1.807) is 0 Å². The first-order valence-corrected chi connectivity index (χ1v) is 7.11. The molecule has 1 aliphatic heterocycles. The summed E-state index contributed by atoms with van der Waals surface area (Å²) in [5.74, 6) is 0.615. The first-order valence-electron chi connectivity index (χ1n) is 7.11. The van der Waals surface area contributed by atoms with Crippen LogP contribution in [0.15, 0.2) is 30.3 Å². The van der Waals surface area contributed by atoms with E-state index in [2.05, 4.69) is 49.1 Å². The first kappa shape index (κ1) is 13.6. The van der Waals surface area contributed by atoms with Crippen molar-refractivity contribution in [3.63, 3.8) is 0 Å². The van der Waals surface area contributed by atoms with Gasteiger partial charge in [-0.3, -0.25) is 4.90 Å². The van der Waals surface area contributed by atoms with Crippen LogP contribution in [0.1, 0.15) is 38.7 Å². The van der Waals surface area contributed by atoms with Gasteiger partial charge in [0.25, 0.3) is 0 Å². The van der Waals surface area contributed by atoms with Gasteiger partial charge in [0.1, 0.15) is 0 Å². The van der Waals surface area contributed by atoms with Gasteiger partial charge in [0.2, 0.25) is 0 Å². The molecule has 0 amide bonds. The molecule has 2 N–H and O–H groups in total. The molecule has 0 aromatic heterocycles. The minimum Gasteiger partial charge on any atom is -0.325 e. The lowest BCUT2D eigenvalue weighted by molar-refractivity contribution is 0.194. The van der Waals surface area contributed by atoms with E-state index < -0.39 is 0 Å². The fraction of sp³-hybridized carbons (Fsp3) is 0.625. The molecule has 1 fully saturated rings. The second kappa shape index (κ2) is 5.85. The minimum atomic E-state index is -0.0563. The number of hydrogen-bond donors (Lipinski definition) is 1. The predicted octanol–water partition coefficient (Wildman–Crippen LogP) is 3.03. The Bertz CT molecular complexity index is 353. The highest BCUT2D eigenvalue weighted by atomic mass is 15.1. The molecule has 1 saturated heterocycles. The summed E-state index contributed by atoms with van der Waals surface area (Å²) in [4.78, 5) is 2.57. The third kappa shape index (κ3) is 3.82. The summed E-state index contributed by atoms with van der Waals surface area (Å²) in [6, 6.07) is 10.8. The Morgan fingerprint density at radius 1 is 1.22 bits per heavy atom. The zero-order chi connectivity index (χ0) is 13.0. The number of rotatable bonds is 3. The van der Waals surface area contributed by atoms with Crippen molar-refractivity contribution in [1.29, 1.82) is 0 Å². The van der Waals surface area contributed by atoms with E-state index in [1.165, 1.54) is 31.4 Å². The molecule has 0 saturated carbocycles. The van der Waals surface area contributed by atoms with Crippen molar-refractivity contribution >= 4 is 0 Å². The zero-order valence-corrected chi connectivity index (χ0v) is 11.7. The van der Waals surface area contributed by atoms with E-state index in [9.17, 15) is 0 Å². The van der Waals surface area contributed by atoms with E-state index in [-0.39, 0.29) is 5.54 Å². The molecule has 1 aliphatic rings. The van der Waals surface area contributed by atoms with Gasteiger partial charge in [0.15, 0.2) is 0 Å². The normalized spacial score (nSPS) is 22.7. The smallest absolute Gasteiger partial charge is 0.0233 e. The van der Waals surface area contributed by atoms with Crippen LogP contribution in [0.3, 0.4) is 0 Å². The van der Waals surface area contributed by atoms with Gasteiger partial charge in [-0.25, -0.2) is 0 Å². The third-order valence-electron chi connectivity index (χ3n) is 4.06. The van der Waals surface area contributed by atoms with Crippen LogP contribution in [0.2, 0.25) is 0 Å². The Morgan fingerprint density at radius 3 is 2.61 bits per heavy atom. The van der Waals surface area contributed by atoms with Crippen molar-refractivity contribution < 1.29 is 0 Å². The molecule has 2 heteroatoms. The van der Waals surface area contributed by atoms with E-state index in [0.717, 1.165) is 13.1 Å². The summed E-state index contributed by atoms with van der Waals surface area (Å²) >= 11 is 0. The standard InChI is InChI=1S/C16H26N2/c1-16(2,17)15-10-6-7-11-18(13-15)12-14-8-4-3-5-9-14/h3-5,8-9,15H,6-7,10-13,17H2,1-2H3. The van der Waals surface area contributed by atoms with Crippen LogP contribution in [0.5, 0.6) is 0 Å². The molecule has 1 aromatic carbocycles. The van der Waals surface area contributed by atoms with E-state index in [4.69, 9.17) is 5.73 Å². The Morgan fingerprint density at radius 2 is 1.94 bits per heavy atom. The SMILES string of the molecule is CC(C)(N)C1CCCCN(Cc2ccccc2)C1. The molecule has 1 unspecified atom stereocenters. The molecular weight excluding hydrogens is 220 g/mol. The van der Waals surface area contributed by atoms with E-state index >= 15 is 0 Å². The van der Waals surface area contributed by atoms with Gasteiger partial charge in [-0.15, -0.1) is 0 Å². The second-order valence-electron chi connectivity index (χ2n) is 6.23. The summed E-state index contributed by atoms with van der Waals surface area (Å²) in [7, 11) is 0. The fourth-order valence-corrected chi connectivity index (χ4v) is 2.81. The maximum Gasteiger partial charge on any atom is 0.0233 e. The van der Waals surface area contributed by atoms with Crippen LogP contribution < -0.4 is 5.73 Å². The molecule has 1 aromatic rings. The number of nitrogens with zero attached hydrogens (tertiary/aromatic N) is 1. The highest BCUT2D eigenvalue weighted by Gasteiger charge is 2.28. The number of hydrogen-bond acceptors (Lipinski definition) is 2. The molecule has 2 rings (SSSR count). The van der Waals surface area contributed by atoms with Crippen LogP contribution in [-0.2, 0) is 6.54 Å². The molecule has 100 valence electrons. The highest BCUT2D eigenvalue weighted by Crippen LogP contribution is 2.25. The minimum absolute atomic E-state index is 0.0563. The molecular formula is C16H26N2. The lowest BCUT2D eigenvalue weighted by atomic mass is 9.85. The largest absolute Gasteiger partial charge is 0.325 e. The van der Waals surface area contributed by atoms with Crippen LogP contribution in [0.4, 0.5) is 0 Å². The van der Waals surface area contributed by atoms with E-state index in [0.29, 0.717) is 5.92 Å². The van der Waals surface area contributed by atoms with Crippen molar-refractivity contribution in [2.24, 2.45) is 11.7 Å². The predicted molar refractivity (Wildman–Crippen MR) is 77.3 cm³/mol. The summed E-state index contributed by atoms with van der Waals surface area (Å²) in [6.07, 6.45) is 3.89. The highest BCUT2D eigenvalue weighted by molar-refractivity contribution is 5.14. The molecule has 0 spiro atoms. The molecule has 1 heterocycles. The van der Waals surface area contributed by atoms with Gasteiger partial charge in [-0.05, 0) is 44.7 Å². The Labute approximate surface area is 111 Å². The van der Waals surface area contributed by atoms with Crippen molar-refractivity contribution in [3.05, 3.63) is 35.9 Å². The van der Waals surface area contributed by atoms with Gasteiger partial charge in [-0.1, -0.05) is 36.8 Å². The lowest BCUT2D eigenvalue weighted by Crippen LogP contribution is -2.45. The van der Waals surface area contributed by atoms with Gasteiger partial charge in [0, 0.05) is 18.6 Å². The number of likely N-dealkylation sites (tertiary alicyclic amines) is 1. The lowest BCUT2D eigenvalue weighted by Gasteiger charge is -2.33. The van der Waals surface area contributed by atoms with E-state index in [1.807, 2.05) is 0 Å². The average Bonchev–Trinajstić information content (AvgIpc) is 2.55. The van der Waals surface area contributed by atoms with Crippen LogP contribution in [0, 0.1) is 5.92 Å². The maximum atomic E-state index is 6.31. The Hall–Kier alpha value is -0.860.